The Kier molecular flexibility index (Phi) is 5.99. The van der Waals surface area contributed by atoms with Gasteiger partial charge in [0.05, 0.1) is 0 Å². The minimum Gasteiger partial charge on any atom is -0.352 e. The molecule has 1 aliphatic rings. The maximum atomic E-state index is 12.2. The summed E-state index contributed by atoms with van der Waals surface area (Å²) in [5.41, 5.74) is 1.62. The number of carbonyl (C=O) groups is 2. The SMILES string of the molecule is Cc1cccc(C(=O)N[C@H](C)C(=O)NC2CCCCCC2)c1. The Hall–Kier alpha value is -1.84. The lowest BCUT2D eigenvalue weighted by Gasteiger charge is -2.20. The first kappa shape index (κ1) is 16.5. The Morgan fingerprint density at radius 2 is 1.82 bits per heavy atom. The van der Waals surface area contributed by atoms with Gasteiger partial charge in [0.15, 0.2) is 0 Å². The molecule has 0 aromatic heterocycles. The Balaban J connectivity index is 1.86. The third-order valence-electron chi connectivity index (χ3n) is 4.22. The molecule has 1 aromatic carbocycles. The van der Waals surface area contributed by atoms with E-state index in [-0.39, 0.29) is 17.9 Å². The first-order valence-corrected chi connectivity index (χ1v) is 8.24. The molecule has 2 N–H and O–H groups in total. The maximum absolute atomic E-state index is 12.2. The highest BCUT2D eigenvalue weighted by Crippen LogP contribution is 2.17. The predicted octanol–water partition coefficient (Wildman–Crippen LogP) is 2.95. The second kappa shape index (κ2) is 7.97. The van der Waals surface area contributed by atoms with Gasteiger partial charge in [-0.1, -0.05) is 43.4 Å². The molecule has 0 spiro atoms. The van der Waals surface area contributed by atoms with Crippen LogP contribution in [0.2, 0.25) is 0 Å². The van der Waals surface area contributed by atoms with Crippen LogP contribution in [0.1, 0.15) is 61.4 Å². The molecule has 0 unspecified atom stereocenters. The third kappa shape index (κ3) is 4.86. The van der Waals surface area contributed by atoms with E-state index in [1.54, 1.807) is 13.0 Å². The van der Waals surface area contributed by atoms with Crippen LogP contribution in [0.15, 0.2) is 24.3 Å². The van der Waals surface area contributed by atoms with Crippen LogP contribution in [0.5, 0.6) is 0 Å². The van der Waals surface area contributed by atoms with E-state index in [1.165, 1.54) is 25.7 Å². The molecule has 2 rings (SSSR count). The highest BCUT2D eigenvalue weighted by molar-refractivity contribution is 5.97. The van der Waals surface area contributed by atoms with Crippen LogP contribution in [0, 0.1) is 6.92 Å². The Morgan fingerprint density at radius 1 is 1.14 bits per heavy atom. The Bertz CT molecular complexity index is 520. The number of carbonyl (C=O) groups excluding carboxylic acids is 2. The zero-order valence-corrected chi connectivity index (χ0v) is 13.5. The highest BCUT2D eigenvalue weighted by Gasteiger charge is 2.20. The lowest BCUT2D eigenvalue weighted by molar-refractivity contribution is -0.123. The van der Waals surface area contributed by atoms with Gasteiger partial charge in [0, 0.05) is 11.6 Å². The fraction of sp³-hybridized carbons (Fsp3) is 0.556. The average Bonchev–Trinajstić information content (AvgIpc) is 2.75. The summed E-state index contributed by atoms with van der Waals surface area (Å²) in [5, 5.41) is 5.85. The van der Waals surface area contributed by atoms with Crippen molar-refractivity contribution >= 4 is 11.8 Å². The summed E-state index contributed by atoms with van der Waals surface area (Å²) in [6, 6.07) is 7.12. The maximum Gasteiger partial charge on any atom is 0.251 e. The van der Waals surface area contributed by atoms with Crippen LogP contribution in [0.3, 0.4) is 0 Å². The minimum atomic E-state index is -0.517. The average molecular weight is 302 g/mol. The molecule has 1 fully saturated rings. The normalized spacial score (nSPS) is 17.4. The monoisotopic (exact) mass is 302 g/mol. The molecule has 2 amide bonds. The van der Waals surface area contributed by atoms with Crippen molar-refractivity contribution in [1.29, 1.82) is 0 Å². The Labute approximate surface area is 132 Å². The summed E-state index contributed by atoms with van der Waals surface area (Å²) in [6.45, 7) is 3.68. The molecule has 0 bridgehead atoms. The molecule has 0 aliphatic heterocycles. The molecule has 22 heavy (non-hydrogen) atoms. The number of benzene rings is 1. The molecular formula is C18H26N2O2. The summed E-state index contributed by atoms with van der Waals surface area (Å²) < 4.78 is 0. The molecule has 4 heteroatoms. The van der Waals surface area contributed by atoms with Gasteiger partial charge in [-0.3, -0.25) is 9.59 Å². The molecule has 0 radical (unpaired) electrons. The van der Waals surface area contributed by atoms with Crippen molar-refractivity contribution in [2.75, 3.05) is 0 Å². The molecule has 1 aromatic rings. The fourth-order valence-corrected chi connectivity index (χ4v) is 2.88. The van der Waals surface area contributed by atoms with Gasteiger partial charge in [-0.25, -0.2) is 0 Å². The molecular weight excluding hydrogens is 276 g/mol. The topological polar surface area (TPSA) is 58.2 Å². The van der Waals surface area contributed by atoms with Crippen LogP contribution < -0.4 is 10.6 Å². The number of amides is 2. The summed E-state index contributed by atoms with van der Waals surface area (Å²) in [5.74, 6) is -0.292. The van der Waals surface area contributed by atoms with Gasteiger partial charge in [-0.05, 0) is 38.8 Å². The second-order valence-corrected chi connectivity index (χ2v) is 6.26. The van der Waals surface area contributed by atoms with E-state index in [4.69, 9.17) is 0 Å². The van der Waals surface area contributed by atoms with Crippen molar-refractivity contribution in [3.8, 4) is 0 Å². The van der Waals surface area contributed by atoms with Crippen molar-refractivity contribution in [3.63, 3.8) is 0 Å². The number of hydrogen-bond acceptors (Lipinski definition) is 2. The van der Waals surface area contributed by atoms with E-state index >= 15 is 0 Å². The van der Waals surface area contributed by atoms with E-state index in [0.717, 1.165) is 18.4 Å². The number of aryl methyl sites for hydroxylation is 1. The molecule has 4 nitrogen and oxygen atoms in total. The lowest BCUT2D eigenvalue weighted by Crippen LogP contribution is -2.48. The zero-order chi connectivity index (χ0) is 15.9. The van der Waals surface area contributed by atoms with Crippen molar-refractivity contribution in [2.45, 2.75) is 64.5 Å². The van der Waals surface area contributed by atoms with E-state index in [2.05, 4.69) is 10.6 Å². The summed E-state index contributed by atoms with van der Waals surface area (Å²) in [4.78, 5) is 24.4. The van der Waals surface area contributed by atoms with Gasteiger partial charge < -0.3 is 10.6 Å². The van der Waals surface area contributed by atoms with E-state index in [0.29, 0.717) is 5.56 Å². The van der Waals surface area contributed by atoms with Gasteiger partial charge in [0.2, 0.25) is 5.91 Å². The second-order valence-electron chi connectivity index (χ2n) is 6.26. The van der Waals surface area contributed by atoms with Crippen molar-refractivity contribution in [3.05, 3.63) is 35.4 Å². The number of rotatable bonds is 4. The summed E-state index contributed by atoms with van der Waals surface area (Å²) >= 11 is 0. The zero-order valence-electron chi connectivity index (χ0n) is 13.5. The van der Waals surface area contributed by atoms with Crippen LogP contribution in [0.4, 0.5) is 0 Å². The van der Waals surface area contributed by atoms with Gasteiger partial charge in [-0.2, -0.15) is 0 Å². The molecule has 1 aliphatic carbocycles. The number of hydrogen-bond donors (Lipinski definition) is 2. The van der Waals surface area contributed by atoms with E-state index < -0.39 is 6.04 Å². The Morgan fingerprint density at radius 3 is 2.45 bits per heavy atom. The van der Waals surface area contributed by atoms with Gasteiger partial charge >= 0.3 is 0 Å². The number of nitrogens with one attached hydrogen (secondary N) is 2. The van der Waals surface area contributed by atoms with Crippen molar-refractivity contribution < 1.29 is 9.59 Å². The third-order valence-corrected chi connectivity index (χ3v) is 4.22. The van der Waals surface area contributed by atoms with Crippen molar-refractivity contribution in [1.82, 2.24) is 10.6 Å². The minimum absolute atomic E-state index is 0.0899. The van der Waals surface area contributed by atoms with Gasteiger partial charge in [-0.15, -0.1) is 0 Å². The van der Waals surface area contributed by atoms with Crippen LogP contribution >= 0.6 is 0 Å². The van der Waals surface area contributed by atoms with Gasteiger partial charge in [0.1, 0.15) is 6.04 Å². The molecule has 0 heterocycles. The van der Waals surface area contributed by atoms with Crippen molar-refractivity contribution in [2.24, 2.45) is 0 Å². The fourth-order valence-electron chi connectivity index (χ4n) is 2.88. The predicted molar refractivity (Wildman–Crippen MR) is 87.7 cm³/mol. The first-order chi connectivity index (χ1) is 10.6. The first-order valence-electron chi connectivity index (χ1n) is 8.24. The van der Waals surface area contributed by atoms with Crippen LogP contribution in [0.25, 0.3) is 0 Å². The summed E-state index contributed by atoms with van der Waals surface area (Å²) in [7, 11) is 0. The summed E-state index contributed by atoms with van der Waals surface area (Å²) in [6.07, 6.45) is 6.95. The molecule has 0 saturated heterocycles. The van der Waals surface area contributed by atoms with Crippen LogP contribution in [-0.4, -0.2) is 23.9 Å². The largest absolute Gasteiger partial charge is 0.352 e. The highest BCUT2D eigenvalue weighted by atomic mass is 16.2. The quantitative estimate of drug-likeness (QED) is 0.840. The standard InChI is InChI=1S/C18H26N2O2/c1-13-8-7-9-15(12-13)18(22)19-14(2)17(21)20-16-10-5-3-4-6-11-16/h7-9,12,14,16H,3-6,10-11H2,1-2H3,(H,19,22)(H,20,21)/t14-/m1/s1. The molecule has 120 valence electrons. The smallest absolute Gasteiger partial charge is 0.251 e. The van der Waals surface area contributed by atoms with Crippen LogP contribution in [-0.2, 0) is 4.79 Å². The lowest BCUT2D eigenvalue weighted by atomic mass is 10.1. The van der Waals surface area contributed by atoms with E-state index in [1.807, 2.05) is 25.1 Å². The molecule has 1 saturated carbocycles. The molecule has 1 atom stereocenters. The van der Waals surface area contributed by atoms with E-state index in [9.17, 15) is 9.59 Å². The van der Waals surface area contributed by atoms with Gasteiger partial charge in [0.25, 0.3) is 5.91 Å².